The van der Waals surface area contributed by atoms with E-state index < -0.39 is 0 Å². The van der Waals surface area contributed by atoms with Crippen molar-refractivity contribution >= 4 is 28.3 Å². The van der Waals surface area contributed by atoms with Gasteiger partial charge in [-0.05, 0) is 29.8 Å². The Hall–Kier alpha value is -3.25. The van der Waals surface area contributed by atoms with Crippen LogP contribution in [0, 0.1) is 0 Å². The first-order valence-electron chi connectivity index (χ1n) is 8.15. The first-order valence-corrected chi connectivity index (χ1v) is 8.52. The summed E-state index contributed by atoms with van der Waals surface area (Å²) in [4.78, 5) is 4.60. The summed E-state index contributed by atoms with van der Waals surface area (Å²) in [5.74, 6) is 0.724. The van der Waals surface area contributed by atoms with Crippen molar-refractivity contribution in [3.63, 3.8) is 0 Å². The first kappa shape index (κ1) is 15.0. The first-order chi connectivity index (χ1) is 12.8. The smallest absolute Gasteiger partial charge is 0.175 e. The molecule has 26 heavy (non-hydrogen) atoms. The zero-order chi connectivity index (χ0) is 17.5. The number of hydrogen-bond acceptors (Lipinski definition) is 4. The molecule has 3 aromatic heterocycles. The fraction of sp³-hybridized carbons (Fsp3) is 0.0526. The van der Waals surface area contributed by atoms with Gasteiger partial charge in [0.2, 0.25) is 0 Å². The third-order valence-electron chi connectivity index (χ3n) is 4.32. The van der Waals surface area contributed by atoms with Crippen LogP contribution in [-0.2, 0) is 6.54 Å². The van der Waals surface area contributed by atoms with Crippen LogP contribution in [0.2, 0.25) is 5.02 Å². The Morgan fingerprint density at radius 3 is 2.50 bits per heavy atom. The van der Waals surface area contributed by atoms with E-state index in [0.29, 0.717) is 11.6 Å². The maximum atomic E-state index is 5.97. The van der Waals surface area contributed by atoms with Crippen molar-refractivity contribution < 1.29 is 0 Å². The summed E-state index contributed by atoms with van der Waals surface area (Å²) in [5.41, 5.74) is 3.62. The van der Waals surface area contributed by atoms with Gasteiger partial charge in [0.1, 0.15) is 6.33 Å². The predicted molar refractivity (Wildman–Crippen MR) is 100 cm³/mol. The van der Waals surface area contributed by atoms with Crippen LogP contribution in [0.15, 0.2) is 67.1 Å². The van der Waals surface area contributed by atoms with Crippen molar-refractivity contribution in [1.82, 2.24) is 29.4 Å². The quantitative estimate of drug-likeness (QED) is 0.490. The second-order valence-corrected chi connectivity index (χ2v) is 6.43. The Labute approximate surface area is 153 Å². The lowest BCUT2D eigenvalue weighted by Gasteiger charge is -2.04. The monoisotopic (exact) mass is 360 g/mol. The molecular weight excluding hydrogens is 348 g/mol. The summed E-state index contributed by atoms with van der Waals surface area (Å²) >= 11 is 5.97. The Kier molecular flexibility index (Phi) is 3.43. The molecule has 5 aromatic rings. The predicted octanol–water partition coefficient (Wildman–Crippen LogP) is 3.84. The summed E-state index contributed by atoms with van der Waals surface area (Å²) in [6.45, 7) is 0.658. The molecule has 0 saturated heterocycles. The van der Waals surface area contributed by atoms with E-state index in [1.54, 1.807) is 12.5 Å². The molecule has 0 radical (unpaired) electrons. The number of benzene rings is 2. The van der Waals surface area contributed by atoms with Gasteiger partial charge in [-0.1, -0.05) is 41.9 Å². The molecule has 7 heteroatoms. The second-order valence-electron chi connectivity index (χ2n) is 5.99. The molecule has 5 rings (SSSR count). The average Bonchev–Trinajstić information content (AvgIpc) is 3.27. The van der Waals surface area contributed by atoms with Crippen molar-refractivity contribution in [2.24, 2.45) is 0 Å². The van der Waals surface area contributed by atoms with Gasteiger partial charge < -0.3 is 0 Å². The molecule has 0 aliphatic heterocycles. The van der Waals surface area contributed by atoms with Crippen molar-refractivity contribution in [2.75, 3.05) is 0 Å². The maximum Gasteiger partial charge on any atom is 0.175 e. The maximum absolute atomic E-state index is 5.97. The molecule has 0 amide bonds. The van der Waals surface area contributed by atoms with Gasteiger partial charge in [-0.25, -0.2) is 9.67 Å². The summed E-state index contributed by atoms with van der Waals surface area (Å²) in [5, 5.41) is 14.7. The van der Waals surface area contributed by atoms with E-state index in [1.807, 2.05) is 51.5 Å². The highest BCUT2D eigenvalue weighted by molar-refractivity contribution is 6.30. The third kappa shape index (κ3) is 2.43. The van der Waals surface area contributed by atoms with Gasteiger partial charge in [0.15, 0.2) is 17.1 Å². The van der Waals surface area contributed by atoms with Crippen molar-refractivity contribution in [3.05, 3.63) is 77.7 Å². The zero-order valence-electron chi connectivity index (χ0n) is 13.6. The van der Waals surface area contributed by atoms with Crippen molar-refractivity contribution in [1.29, 1.82) is 0 Å². The zero-order valence-corrected chi connectivity index (χ0v) is 14.4. The highest BCUT2D eigenvalue weighted by Crippen LogP contribution is 2.24. The fourth-order valence-electron chi connectivity index (χ4n) is 3.04. The lowest BCUT2D eigenvalue weighted by Crippen LogP contribution is -2.03. The minimum absolute atomic E-state index is 0.658. The van der Waals surface area contributed by atoms with E-state index in [4.69, 9.17) is 11.6 Å². The Morgan fingerprint density at radius 2 is 1.69 bits per heavy atom. The van der Waals surface area contributed by atoms with Crippen LogP contribution in [-0.4, -0.2) is 29.4 Å². The minimum Gasteiger partial charge on any atom is -0.265 e. The topological polar surface area (TPSA) is 60.9 Å². The molecule has 0 aliphatic carbocycles. The average molecular weight is 361 g/mol. The van der Waals surface area contributed by atoms with Crippen LogP contribution >= 0.6 is 11.6 Å². The number of rotatable bonds is 3. The van der Waals surface area contributed by atoms with E-state index >= 15 is 0 Å². The lowest BCUT2D eigenvalue weighted by atomic mass is 10.2. The SMILES string of the molecule is Clc1ccc(-c2nnc3c4cnn(Cc5ccccc5)c4ncn23)cc1. The number of aromatic nitrogens is 6. The van der Waals surface area contributed by atoms with Gasteiger partial charge in [0.25, 0.3) is 0 Å². The highest BCUT2D eigenvalue weighted by atomic mass is 35.5. The Balaban J connectivity index is 1.62. The van der Waals surface area contributed by atoms with E-state index in [9.17, 15) is 0 Å². The summed E-state index contributed by atoms with van der Waals surface area (Å²) in [6, 6.07) is 17.7. The number of fused-ring (bicyclic) bond motifs is 3. The summed E-state index contributed by atoms with van der Waals surface area (Å²) < 4.78 is 3.75. The van der Waals surface area contributed by atoms with Gasteiger partial charge in [0, 0.05) is 10.6 Å². The van der Waals surface area contributed by atoms with Gasteiger partial charge >= 0.3 is 0 Å². The largest absolute Gasteiger partial charge is 0.265 e. The number of hydrogen-bond donors (Lipinski definition) is 0. The van der Waals surface area contributed by atoms with E-state index in [0.717, 1.165) is 28.1 Å². The van der Waals surface area contributed by atoms with Crippen LogP contribution in [0.3, 0.4) is 0 Å². The Bertz CT molecular complexity index is 1210. The highest BCUT2D eigenvalue weighted by Gasteiger charge is 2.14. The molecule has 0 unspecified atom stereocenters. The standard InChI is InChI=1S/C19H13ClN6/c20-15-8-6-14(7-9-15)17-23-24-19-16-10-22-26(18(16)21-12-25(17)19)11-13-4-2-1-3-5-13/h1-10,12H,11H2. The molecule has 0 bridgehead atoms. The molecule has 0 N–H and O–H groups in total. The summed E-state index contributed by atoms with van der Waals surface area (Å²) in [7, 11) is 0. The van der Waals surface area contributed by atoms with Crippen LogP contribution < -0.4 is 0 Å². The van der Waals surface area contributed by atoms with Crippen LogP contribution in [0.25, 0.3) is 28.1 Å². The van der Waals surface area contributed by atoms with E-state index in [2.05, 4.69) is 32.4 Å². The van der Waals surface area contributed by atoms with Crippen molar-refractivity contribution in [2.45, 2.75) is 6.54 Å². The molecule has 0 fully saturated rings. The number of nitrogens with zero attached hydrogens (tertiary/aromatic N) is 6. The van der Waals surface area contributed by atoms with Crippen molar-refractivity contribution in [3.8, 4) is 11.4 Å². The van der Waals surface area contributed by atoms with Gasteiger partial charge in [-0.3, -0.25) is 4.40 Å². The van der Waals surface area contributed by atoms with Gasteiger partial charge in [-0.15, -0.1) is 10.2 Å². The third-order valence-corrected chi connectivity index (χ3v) is 4.57. The normalized spacial score (nSPS) is 11.4. The fourth-order valence-corrected chi connectivity index (χ4v) is 3.16. The van der Waals surface area contributed by atoms with Crippen LogP contribution in [0.1, 0.15) is 5.56 Å². The van der Waals surface area contributed by atoms with E-state index in [-0.39, 0.29) is 0 Å². The molecule has 3 heterocycles. The Morgan fingerprint density at radius 1 is 0.885 bits per heavy atom. The molecule has 126 valence electrons. The molecule has 0 atom stereocenters. The molecular formula is C19H13ClN6. The molecule has 6 nitrogen and oxygen atoms in total. The molecule has 2 aromatic carbocycles. The molecule has 0 spiro atoms. The summed E-state index contributed by atoms with van der Waals surface area (Å²) in [6.07, 6.45) is 3.53. The lowest BCUT2D eigenvalue weighted by molar-refractivity contribution is 0.703. The number of halogens is 1. The second kappa shape index (κ2) is 5.93. The van der Waals surface area contributed by atoms with Gasteiger partial charge in [-0.2, -0.15) is 5.10 Å². The van der Waals surface area contributed by atoms with Gasteiger partial charge in [0.05, 0.1) is 18.1 Å². The molecule has 0 aliphatic rings. The van der Waals surface area contributed by atoms with Crippen LogP contribution in [0.5, 0.6) is 0 Å². The van der Waals surface area contributed by atoms with E-state index in [1.165, 1.54) is 5.56 Å². The van der Waals surface area contributed by atoms with Crippen LogP contribution in [0.4, 0.5) is 0 Å². The minimum atomic E-state index is 0.658. The molecule has 0 saturated carbocycles.